The number of methoxy groups -OCH3 is 1. The summed E-state index contributed by atoms with van der Waals surface area (Å²) >= 11 is 0. The summed E-state index contributed by atoms with van der Waals surface area (Å²) in [5.41, 5.74) is 0.371. The highest BCUT2D eigenvalue weighted by molar-refractivity contribution is 5.91. The predicted octanol–water partition coefficient (Wildman–Crippen LogP) is 1.50. The first-order valence-corrected chi connectivity index (χ1v) is 7.08. The van der Waals surface area contributed by atoms with Gasteiger partial charge in [-0.3, -0.25) is 4.79 Å². The Morgan fingerprint density at radius 2 is 2.29 bits per heavy atom. The van der Waals surface area contributed by atoms with Crippen LogP contribution in [0.2, 0.25) is 0 Å². The second-order valence-corrected chi connectivity index (χ2v) is 4.98. The molecule has 0 saturated carbocycles. The first kappa shape index (κ1) is 15.3. The summed E-state index contributed by atoms with van der Waals surface area (Å²) in [7, 11) is 1.24. The van der Waals surface area contributed by atoms with Crippen LogP contribution in [0.15, 0.2) is 10.9 Å². The maximum Gasteiger partial charge on any atom is 0.358 e. The lowest BCUT2D eigenvalue weighted by molar-refractivity contribution is -0.110. The highest BCUT2D eigenvalue weighted by Gasteiger charge is 2.31. The molecule has 6 heteroatoms. The number of aldehydes is 1. The van der Waals surface area contributed by atoms with E-state index in [9.17, 15) is 14.4 Å². The molecule has 21 heavy (non-hydrogen) atoms. The van der Waals surface area contributed by atoms with Gasteiger partial charge in [-0.1, -0.05) is 13.3 Å². The molecule has 0 saturated heterocycles. The highest BCUT2D eigenvalue weighted by Crippen LogP contribution is 2.29. The Labute approximate surface area is 122 Å². The van der Waals surface area contributed by atoms with Gasteiger partial charge in [-0.25, -0.2) is 4.79 Å². The Morgan fingerprint density at radius 3 is 2.90 bits per heavy atom. The summed E-state index contributed by atoms with van der Waals surface area (Å²) in [6, 6.07) is 0.986. The summed E-state index contributed by atoms with van der Waals surface area (Å²) in [4.78, 5) is 35.4. The van der Waals surface area contributed by atoms with E-state index in [2.05, 4.69) is 0 Å². The second kappa shape index (κ2) is 6.56. The molecule has 0 aliphatic carbocycles. The van der Waals surface area contributed by atoms with Crippen LogP contribution in [-0.4, -0.2) is 30.5 Å². The van der Waals surface area contributed by atoms with E-state index in [0.29, 0.717) is 25.1 Å². The monoisotopic (exact) mass is 293 g/mol. The minimum atomic E-state index is -0.658. The maximum atomic E-state index is 12.2. The van der Waals surface area contributed by atoms with Crippen molar-refractivity contribution in [2.45, 2.75) is 38.6 Å². The van der Waals surface area contributed by atoms with Crippen LogP contribution in [0.1, 0.15) is 48.4 Å². The lowest BCUT2D eigenvalue weighted by Crippen LogP contribution is -2.24. The van der Waals surface area contributed by atoms with Crippen LogP contribution in [0.5, 0.6) is 5.75 Å². The number of hydrogen-bond donors (Lipinski definition) is 0. The van der Waals surface area contributed by atoms with E-state index in [0.717, 1.165) is 19.1 Å². The number of fused-ring (bicyclic) bond motifs is 1. The Bertz CT molecular complexity index is 605. The molecule has 0 amide bonds. The van der Waals surface area contributed by atoms with E-state index >= 15 is 0 Å². The van der Waals surface area contributed by atoms with Gasteiger partial charge < -0.3 is 18.8 Å². The average molecular weight is 293 g/mol. The van der Waals surface area contributed by atoms with E-state index in [1.165, 1.54) is 13.2 Å². The topological polar surface area (TPSA) is 74.6 Å². The largest absolute Gasteiger partial charge is 0.487 e. The molecule has 1 aromatic heterocycles. The fourth-order valence-electron chi connectivity index (χ4n) is 2.53. The summed E-state index contributed by atoms with van der Waals surface area (Å²) in [5, 5.41) is 0. The lowest BCUT2D eigenvalue weighted by Gasteiger charge is -2.18. The van der Waals surface area contributed by atoms with Crippen LogP contribution in [-0.2, 0) is 16.0 Å². The Morgan fingerprint density at radius 1 is 1.52 bits per heavy atom. The molecule has 2 heterocycles. The van der Waals surface area contributed by atoms with Gasteiger partial charge >= 0.3 is 5.97 Å². The van der Waals surface area contributed by atoms with Crippen LogP contribution in [0.3, 0.4) is 0 Å². The molecule has 0 fully saturated rings. The van der Waals surface area contributed by atoms with Crippen molar-refractivity contribution in [3.8, 4) is 5.75 Å². The molecule has 114 valence electrons. The third-order valence-corrected chi connectivity index (χ3v) is 3.59. The molecular weight excluding hydrogens is 274 g/mol. The Kier molecular flexibility index (Phi) is 4.77. The first-order chi connectivity index (χ1) is 10.1. The molecule has 6 nitrogen and oxygen atoms in total. The van der Waals surface area contributed by atoms with Gasteiger partial charge in [0.05, 0.1) is 19.8 Å². The van der Waals surface area contributed by atoms with Crippen LogP contribution in [0.4, 0.5) is 0 Å². The molecule has 0 bridgehead atoms. The Hall–Kier alpha value is -2.11. The van der Waals surface area contributed by atoms with Gasteiger partial charge in [-0.15, -0.1) is 0 Å². The van der Waals surface area contributed by atoms with E-state index in [1.807, 2.05) is 6.92 Å². The summed E-state index contributed by atoms with van der Waals surface area (Å²) in [6.07, 6.45) is 3.63. The van der Waals surface area contributed by atoms with Crippen LogP contribution in [0, 0.1) is 0 Å². The van der Waals surface area contributed by atoms with Crippen molar-refractivity contribution in [1.82, 2.24) is 4.57 Å². The first-order valence-electron chi connectivity index (χ1n) is 7.08. The SMILES string of the molecule is CCCCOc1c(C(=O)OC)n2c(cc1=O)CCC2C=O. The van der Waals surface area contributed by atoms with E-state index in [4.69, 9.17) is 9.47 Å². The van der Waals surface area contributed by atoms with Gasteiger partial charge in [-0.05, 0) is 19.3 Å². The molecule has 1 aliphatic rings. The standard InChI is InChI=1S/C15H19NO5/c1-3-4-7-21-14-12(18)8-10-5-6-11(9-17)16(10)13(14)15(19)20-2/h8-9,11H,3-7H2,1-2H3. The fraction of sp³-hybridized carbons (Fsp3) is 0.533. The smallest absolute Gasteiger partial charge is 0.358 e. The van der Waals surface area contributed by atoms with Crippen molar-refractivity contribution in [2.24, 2.45) is 0 Å². The number of carbonyl (C=O) groups excluding carboxylic acids is 2. The third-order valence-electron chi connectivity index (χ3n) is 3.59. The van der Waals surface area contributed by atoms with E-state index in [-0.39, 0.29) is 16.9 Å². The fourth-order valence-corrected chi connectivity index (χ4v) is 2.53. The molecule has 1 unspecified atom stereocenters. The molecule has 0 aromatic carbocycles. The molecule has 2 rings (SSSR count). The lowest BCUT2D eigenvalue weighted by atomic mass is 10.2. The van der Waals surface area contributed by atoms with E-state index < -0.39 is 12.0 Å². The minimum absolute atomic E-state index is 0.0206. The summed E-state index contributed by atoms with van der Waals surface area (Å²) < 4.78 is 11.8. The zero-order valence-electron chi connectivity index (χ0n) is 12.3. The average Bonchev–Trinajstić information content (AvgIpc) is 2.89. The van der Waals surface area contributed by atoms with Gasteiger partial charge in [0.1, 0.15) is 6.29 Å². The zero-order valence-corrected chi connectivity index (χ0v) is 12.3. The van der Waals surface area contributed by atoms with Crippen LogP contribution < -0.4 is 10.2 Å². The number of pyridine rings is 1. The molecule has 0 radical (unpaired) electrons. The quantitative estimate of drug-likeness (QED) is 0.451. The zero-order chi connectivity index (χ0) is 15.4. The van der Waals surface area contributed by atoms with Crippen LogP contribution in [0.25, 0.3) is 0 Å². The second-order valence-electron chi connectivity index (χ2n) is 4.98. The van der Waals surface area contributed by atoms with Gasteiger partial charge in [0.2, 0.25) is 5.43 Å². The van der Waals surface area contributed by atoms with Crippen molar-refractivity contribution in [3.05, 3.63) is 27.7 Å². The van der Waals surface area contributed by atoms with Crippen molar-refractivity contribution < 1.29 is 19.1 Å². The predicted molar refractivity (Wildman–Crippen MR) is 75.9 cm³/mol. The summed E-state index contributed by atoms with van der Waals surface area (Å²) in [5.74, 6) is -0.679. The highest BCUT2D eigenvalue weighted by atomic mass is 16.5. The number of ether oxygens (including phenoxy) is 2. The number of aryl methyl sites for hydroxylation is 1. The van der Waals surface area contributed by atoms with Crippen molar-refractivity contribution in [2.75, 3.05) is 13.7 Å². The molecular formula is C15H19NO5. The molecule has 0 N–H and O–H groups in total. The number of unbranched alkanes of at least 4 members (excludes halogenated alkanes) is 1. The van der Waals surface area contributed by atoms with Gasteiger partial charge in [0, 0.05) is 11.8 Å². The molecule has 1 atom stereocenters. The summed E-state index contributed by atoms with van der Waals surface area (Å²) in [6.45, 7) is 2.35. The van der Waals surface area contributed by atoms with Crippen LogP contribution >= 0.6 is 0 Å². The van der Waals surface area contributed by atoms with Crippen molar-refractivity contribution >= 4 is 12.3 Å². The number of carbonyl (C=O) groups is 2. The maximum absolute atomic E-state index is 12.2. The Balaban J connectivity index is 2.55. The van der Waals surface area contributed by atoms with Gasteiger partial charge in [-0.2, -0.15) is 0 Å². The number of esters is 1. The van der Waals surface area contributed by atoms with Crippen molar-refractivity contribution in [3.63, 3.8) is 0 Å². The molecule has 0 spiro atoms. The number of nitrogens with zero attached hydrogens (tertiary/aromatic N) is 1. The number of hydrogen-bond acceptors (Lipinski definition) is 5. The van der Waals surface area contributed by atoms with Gasteiger partial charge in [0.15, 0.2) is 11.4 Å². The molecule has 1 aromatic rings. The van der Waals surface area contributed by atoms with E-state index in [1.54, 1.807) is 4.57 Å². The normalized spacial score (nSPS) is 16.4. The van der Waals surface area contributed by atoms with Gasteiger partial charge in [0.25, 0.3) is 0 Å². The van der Waals surface area contributed by atoms with Crippen molar-refractivity contribution in [1.29, 1.82) is 0 Å². The third kappa shape index (κ3) is 2.84. The number of aromatic nitrogens is 1. The number of rotatable bonds is 6. The molecule has 1 aliphatic heterocycles. The minimum Gasteiger partial charge on any atom is -0.487 e.